The van der Waals surface area contributed by atoms with Gasteiger partial charge in [0.05, 0.1) is 0 Å². The number of rotatable bonds is 5. The molecular weight excluding hydrogens is 114 g/mol. The zero-order valence-corrected chi connectivity index (χ0v) is 5.97. The maximum Gasteiger partial charge on any atom is 0.117 e. The third-order valence-corrected chi connectivity index (χ3v) is 0.988. The summed E-state index contributed by atoms with van der Waals surface area (Å²) in [5, 5.41) is 3.51. The van der Waals surface area contributed by atoms with Gasteiger partial charge in [0.1, 0.15) is 6.61 Å². The summed E-state index contributed by atoms with van der Waals surface area (Å²) in [7, 11) is 0. The Bertz CT molecular complexity index is 71.3. The van der Waals surface area contributed by atoms with E-state index >= 15 is 0 Å². The second-order valence-corrected chi connectivity index (χ2v) is 1.83. The fourth-order valence-corrected chi connectivity index (χ4v) is 0.522. The lowest BCUT2D eigenvalue weighted by atomic mass is 10.3. The molecule has 0 fully saturated rings. The van der Waals surface area contributed by atoms with E-state index in [0.29, 0.717) is 0 Å². The average Bonchev–Trinajstić information content (AvgIpc) is 1.89. The minimum atomic E-state index is 0.722. The Balaban J connectivity index is 2.75. The van der Waals surface area contributed by atoms with Crippen molar-refractivity contribution in [3.8, 4) is 0 Å². The SMILES string of the molecule is [CH2]C=NOCCCCC. The molecule has 0 atom stereocenters. The number of hydrogen-bond donors (Lipinski definition) is 0. The van der Waals surface area contributed by atoms with Crippen LogP contribution in [0.25, 0.3) is 0 Å². The fraction of sp³-hybridized carbons (Fsp3) is 0.714. The zero-order valence-electron chi connectivity index (χ0n) is 5.97. The summed E-state index contributed by atoms with van der Waals surface area (Å²) in [6.45, 7) is 6.27. The van der Waals surface area contributed by atoms with Crippen LogP contribution < -0.4 is 0 Å². The smallest absolute Gasteiger partial charge is 0.117 e. The van der Waals surface area contributed by atoms with Crippen LogP contribution in [-0.4, -0.2) is 12.8 Å². The molecule has 0 amide bonds. The summed E-state index contributed by atoms with van der Waals surface area (Å²) >= 11 is 0. The van der Waals surface area contributed by atoms with E-state index in [1.165, 1.54) is 19.1 Å². The lowest BCUT2D eigenvalue weighted by Crippen LogP contribution is -1.86. The third-order valence-electron chi connectivity index (χ3n) is 0.988. The van der Waals surface area contributed by atoms with E-state index in [9.17, 15) is 0 Å². The van der Waals surface area contributed by atoms with E-state index < -0.39 is 0 Å². The fourth-order valence-electron chi connectivity index (χ4n) is 0.522. The van der Waals surface area contributed by atoms with Gasteiger partial charge in [-0.1, -0.05) is 24.9 Å². The highest BCUT2D eigenvalue weighted by Gasteiger charge is 1.82. The lowest BCUT2D eigenvalue weighted by molar-refractivity contribution is 0.141. The molecule has 1 radical (unpaired) electrons. The Morgan fingerprint density at radius 2 is 2.33 bits per heavy atom. The van der Waals surface area contributed by atoms with Gasteiger partial charge >= 0.3 is 0 Å². The van der Waals surface area contributed by atoms with Crippen molar-refractivity contribution in [1.82, 2.24) is 0 Å². The summed E-state index contributed by atoms with van der Waals surface area (Å²) in [6, 6.07) is 0. The first-order chi connectivity index (χ1) is 4.41. The molecule has 2 heteroatoms. The maximum absolute atomic E-state index is 4.79. The molecular formula is C7H14NO. The molecule has 0 unspecified atom stereocenters. The molecule has 0 aromatic carbocycles. The van der Waals surface area contributed by atoms with Crippen molar-refractivity contribution >= 4 is 6.21 Å². The van der Waals surface area contributed by atoms with Crippen molar-refractivity contribution in [3.05, 3.63) is 6.92 Å². The molecule has 9 heavy (non-hydrogen) atoms. The second-order valence-electron chi connectivity index (χ2n) is 1.83. The van der Waals surface area contributed by atoms with Crippen molar-refractivity contribution in [3.63, 3.8) is 0 Å². The molecule has 0 aliphatic rings. The average molecular weight is 128 g/mol. The Kier molecular flexibility index (Phi) is 7.03. The van der Waals surface area contributed by atoms with Crippen molar-refractivity contribution in [2.24, 2.45) is 5.16 Å². The van der Waals surface area contributed by atoms with Crippen molar-refractivity contribution in [1.29, 1.82) is 0 Å². The van der Waals surface area contributed by atoms with Gasteiger partial charge in [-0.05, 0) is 13.3 Å². The molecule has 0 heterocycles. The first-order valence-electron chi connectivity index (χ1n) is 3.34. The topological polar surface area (TPSA) is 21.6 Å². The Hall–Kier alpha value is -0.530. The molecule has 0 saturated carbocycles. The molecule has 0 bridgehead atoms. The first-order valence-corrected chi connectivity index (χ1v) is 3.34. The summed E-state index contributed by atoms with van der Waals surface area (Å²) < 4.78 is 0. The van der Waals surface area contributed by atoms with Gasteiger partial charge in [0.15, 0.2) is 0 Å². The molecule has 0 rings (SSSR count). The Labute approximate surface area is 56.9 Å². The summed E-state index contributed by atoms with van der Waals surface area (Å²) in [5.41, 5.74) is 0. The van der Waals surface area contributed by atoms with Crippen LogP contribution in [0.4, 0.5) is 0 Å². The van der Waals surface area contributed by atoms with E-state index in [2.05, 4.69) is 19.0 Å². The quantitative estimate of drug-likeness (QED) is 0.315. The Morgan fingerprint density at radius 1 is 1.56 bits per heavy atom. The van der Waals surface area contributed by atoms with Gasteiger partial charge in [0, 0.05) is 6.21 Å². The lowest BCUT2D eigenvalue weighted by Gasteiger charge is -1.95. The van der Waals surface area contributed by atoms with Crippen LogP contribution >= 0.6 is 0 Å². The van der Waals surface area contributed by atoms with Crippen LogP contribution in [0.1, 0.15) is 26.2 Å². The first kappa shape index (κ1) is 8.47. The van der Waals surface area contributed by atoms with Crippen LogP contribution in [-0.2, 0) is 4.84 Å². The van der Waals surface area contributed by atoms with Gasteiger partial charge in [-0.2, -0.15) is 0 Å². The minimum absolute atomic E-state index is 0.722. The van der Waals surface area contributed by atoms with E-state index in [0.717, 1.165) is 13.0 Å². The highest BCUT2D eigenvalue weighted by atomic mass is 16.6. The molecule has 0 aromatic rings. The van der Waals surface area contributed by atoms with Gasteiger partial charge in [-0.15, -0.1) is 0 Å². The Morgan fingerprint density at radius 3 is 2.89 bits per heavy atom. The van der Waals surface area contributed by atoms with Crippen LogP contribution in [0.5, 0.6) is 0 Å². The van der Waals surface area contributed by atoms with Crippen LogP contribution in [0.15, 0.2) is 5.16 Å². The molecule has 0 aliphatic heterocycles. The predicted molar refractivity (Wildman–Crippen MR) is 39.3 cm³/mol. The molecule has 0 spiro atoms. The van der Waals surface area contributed by atoms with E-state index in [1.807, 2.05) is 0 Å². The van der Waals surface area contributed by atoms with Gasteiger partial charge in [0.25, 0.3) is 0 Å². The zero-order chi connectivity index (χ0) is 6.95. The van der Waals surface area contributed by atoms with E-state index in [4.69, 9.17) is 4.84 Å². The van der Waals surface area contributed by atoms with Crippen molar-refractivity contribution in [2.45, 2.75) is 26.2 Å². The highest BCUT2D eigenvalue weighted by Crippen LogP contribution is 1.93. The van der Waals surface area contributed by atoms with Gasteiger partial charge < -0.3 is 4.84 Å². The van der Waals surface area contributed by atoms with Gasteiger partial charge in [-0.3, -0.25) is 0 Å². The highest BCUT2D eigenvalue weighted by molar-refractivity contribution is 5.60. The summed E-state index contributed by atoms with van der Waals surface area (Å²) in [6.07, 6.45) is 4.93. The van der Waals surface area contributed by atoms with Gasteiger partial charge in [0.2, 0.25) is 0 Å². The maximum atomic E-state index is 4.79. The minimum Gasteiger partial charge on any atom is -0.396 e. The monoisotopic (exact) mass is 128 g/mol. The molecule has 0 aliphatic carbocycles. The summed E-state index contributed by atoms with van der Waals surface area (Å²) in [5.74, 6) is 0. The number of unbranched alkanes of at least 4 members (excludes halogenated alkanes) is 2. The molecule has 0 aromatic heterocycles. The molecule has 2 nitrogen and oxygen atoms in total. The van der Waals surface area contributed by atoms with Gasteiger partial charge in [-0.25, -0.2) is 0 Å². The normalized spacial score (nSPS) is 10.4. The van der Waals surface area contributed by atoms with Crippen LogP contribution in [0.2, 0.25) is 0 Å². The largest absolute Gasteiger partial charge is 0.396 e. The van der Waals surface area contributed by atoms with E-state index in [1.54, 1.807) is 0 Å². The number of nitrogens with zero attached hydrogens (tertiary/aromatic N) is 1. The van der Waals surface area contributed by atoms with Crippen LogP contribution in [0.3, 0.4) is 0 Å². The molecule has 0 saturated heterocycles. The van der Waals surface area contributed by atoms with E-state index in [-0.39, 0.29) is 0 Å². The number of oxime groups is 1. The standard InChI is InChI=1S/C7H14NO/c1-3-5-6-7-9-8-4-2/h4H,2-3,5-7H2,1H3. The third kappa shape index (κ3) is 7.47. The number of hydrogen-bond acceptors (Lipinski definition) is 2. The summed E-state index contributed by atoms with van der Waals surface area (Å²) in [4.78, 5) is 4.79. The predicted octanol–water partition coefficient (Wildman–Crippen LogP) is 2.01. The second kappa shape index (κ2) is 7.47. The van der Waals surface area contributed by atoms with Crippen molar-refractivity contribution in [2.75, 3.05) is 6.61 Å². The molecule has 0 N–H and O–H groups in total. The molecule has 53 valence electrons. The van der Waals surface area contributed by atoms with Crippen molar-refractivity contribution < 1.29 is 4.84 Å². The van der Waals surface area contributed by atoms with Crippen LogP contribution in [0, 0.1) is 6.92 Å².